The summed E-state index contributed by atoms with van der Waals surface area (Å²) in [5.41, 5.74) is 0.348. The van der Waals surface area contributed by atoms with Gasteiger partial charge in [0.1, 0.15) is 9.34 Å². The average Bonchev–Trinajstić information content (AvgIpc) is 3.54. The zero-order chi connectivity index (χ0) is 29.2. The molecule has 0 aromatic heterocycles. The number of hydrogen-bond donors (Lipinski definition) is 2. The highest BCUT2D eigenvalue weighted by Gasteiger charge is 2.68. The van der Waals surface area contributed by atoms with Gasteiger partial charge in [0.15, 0.2) is 0 Å². The van der Waals surface area contributed by atoms with Crippen molar-refractivity contribution in [3.05, 3.63) is 83.4 Å². The number of benzene rings is 2. The predicted molar refractivity (Wildman–Crippen MR) is 146 cm³/mol. The van der Waals surface area contributed by atoms with Crippen LogP contribution in [0.5, 0.6) is 0 Å². The van der Waals surface area contributed by atoms with Crippen LogP contribution >= 0.6 is 10.3 Å². The molecule has 1 saturated carbocycles. The summed E-state index contributed by atoms with van der Waals surface area (Å²) < 4.78 is 54.4. The van der Waals surface area contributed by atoms with Crippen LogP contribution in [0, 0.1) is 16.2 Å². The molecule has 222 valence electrons. The molecule has 2 N–H and O–H groups in total. The topological polar surface area (TPSA) is 141 Å². The summed E-state index contributed by atoms with van der Waals surface area (Å²) in [7, 11) is -6.16. The van der Waals surface area contributed by atoms with Crippen LogP contribution in [-0.2, 0) is 24.7 Å². The van der Waals surface area contributed by atoms with Crippen LogP contribution in [0.1, 0.15) is 51.2 Å². The number of ether oxygens (including phenoxy) is 2. The van der Waals surface area contributed by atoms with Crippen molar-refractivity contribution >= 4 is 10.3 Å². The Kier molecular flexibility index (Phi) is 9.74. The number of halogens is 1. The van der Waals surface area contributed by atoms with E-state index in [9.17, 15) is 24.2 Å². The number of aliphatic hydroxyl groups excluding tert-OH is 1. The van der Waals surface area contributed by atoms with Gasteiger partial charge in [-0.25, -0.2) is 0 Å². The summed E-state index contributed by atoms with van der Waals surface area (Å²) in [5, 5.41) is 23.5. The molecule has 0 amide bonds. The summed E-state index contributed by atoms with van der Waals surface area (Å²) in [4.78, 5) is 0. The molecular formula is C30H41ClO8S. The van der Waals surface area contributed by atoms with Gasteiger partial charge in [-0.05, 0) is 51.2 Å². The summed E-state index contributed by atoms with van der Waals surface area (Å²) in [6, 6.07) is 18.5. The van der Waals surface area contributed by atoms with Crippen LogP contribution in [0.3, 0.4) is 0 Å². The van der Waals surface area contributed by atoms with Gasteiger partial charge in [0.05, 0.1) is 34.2 Å². The SMILES string of the molecule is COC1C(O)CCC(O)(CS(Cc2ccccc2)(Cc2ccccc2)O[Cl+3]([O-])([O-])[O-])C1C1(C)OC1CC=C(C)C. The fourth-order valence-corrected chi connectivity index (χ4v) is 11.3. The monoisotopic (exact) mass is 596 g/mol. The van der Waals surface area contributed by atoms with Crippen molar-refractivity contribution in [1.82, 2.24) is 0 Å². The smallest absolute Gasteiger partial charge is 0.122 e. The number of allylic oxidation sites excluding steroid dienone is 1. The number of hydrogen-bond acceptors (Lipinski definition) is 8. The largest absolute Gasteiger partial charge is 0.390 e. The van der Waals surface area contributed by atoms with Gasteiger partial charge in [-0.15, -0.1) is 0 Å². The Morgan fingerprint density at radius 3 is 2.08 bits per heavy atom. The van der Waals surface area contributed by atoms with Gasteiger partial charge in [0, 0.05) is 40.6 Å². The molecule has 1 saturated heterocycles. The molecule has 2 aromatic carbocycles. The van der Waals surface area contributed by atoms with Crippen LogP contribution < -0.4 is 14.0 Å². The maximum Gasteiger partial charge on any atom is 0.122 e. The minimum atomic E-state index is -4.81. The summed E-state index contributed by atoms with van der Waals surface area (Å²) in [5.74, 6) is -0.516. The second kappa shape index (κ2) is 12.4. The molecule has 6 unspecified atom stereocenters. The van der Waals surface area contributed by atoms with Crippen molar-refractivity contribution in [1.29, 1.82) is 0 Å². The summed E-state index contributed by atoms with van der Waals surface area (Å²) in [6.45, 7) is 5.91. The van der Waals surface area contributed by atoms with E-state index in [-0.39, 0.29) is 36.2 Å². The zero-order valence-electron chi connectivity index (χ0n) is 23.5. The van der Waals surface area contributed by atoms with E-state index in [1.165, 1.54) is 7.11 Å². The molecule has 0 bridgehead atoms. The zero-order valence-corrected chi connectivity index (χ0v) is 25.1. The molecule has 40 heavy (non-hydrogen) atoms. The molecule has 8 nitrogen and oxygen atoms in total. The number of methoxy groups -OCH3 is 1. The fraction of sp³-hybridized carbons (Fsp3) is 0.533. The van der Waals surface area contributed by atoms with Gasteiger partial charge in [-0.1, -0.05) is 72.3 Å². The summed E-state index contributed by atoms with van der Waals surface area (Å²) >= 11 is 0. The first-order valence-electron chi connectivity index (χ1n) is 13.5. The minimum absolute atomic E-state index is 0.107. The molecule has 4 rings (SSSR count). The van der Waals surface area contributed by atoms with Crippen molar-refractivity contribution in [2.24, 2.45) is 5.92 Å². The molecular weight excluding hydrogens is 556 g/mol. The van der Waals surface area contributed by atoms with Crippen LogP contribution in [0.4, 0.5) is 0 Å². The van der Waals surface area contributed by atoms with Crippen molar-refractivity contribution < 1.29 is 47.6 Å². The molecule has 0 spiro atoms. The lowest BCUT2D eigenvalue weighted by Gasteiger charge is -2.51. The highest BCUT2D eigenvalue weighted by molar-refractivity contribution is 8.28. The van der Waals surface area contributed by atoms with Crippen LogP contribution in [-0.4, -0.2) is 52.6 Å². The molecule has 1 aliphatic carbocycles. The van der Waals surface area contributed by atoms with E-state index >= 15 is 0 Å². The summed E-state index contributed by atoms with van der Waals surface area (Å²) in [6.07, 6.45) is 1.31. The Hall–Kier alpha value is -1.50. The third-order valence-electron chi connectivity index (χ3n) is 8.04. The van der Waals surface area contributed by atoms with Crippen LogP contribution in [0.2, 0.25) is 0 Å². The van der Waals surface area contributed by atoms with Gasteiger partial charge in [-0.2, -0.15) is 14.0 Å². The van der Waals surface area contributed by atoms with Gasteiger partial charge in [-0.3, -0.25) is 0 Å². The fourth-order valence-electron chi connectivity index (χ4n) is 6.33. The first-order chi connectivity index (χ1) is 18.8. The Morgan fingerprint density at radius 1 is 1.05 bits per heavy atom. The standard InChI is InChI=1S/C30H41ClO8S/c1-22(2)15-16-26-29(3,38-26)28-27(37-4)25(32)17-18-30(28,33)21-40(39-31(34,35)36,19-23-11-7-5-8-12-23)20-24-13-9-6-10-14-24/h5-15,25-28,32-33H,16-21H2,1-4H3. The molecule has 1 aliphatic heterocycles. The Bertz CT molecular complexity index is 1100. The Balaban J connectivity index is 1.79. The molecule has 2 fully saturated rings. The van der Waals surface area contributed by atoms with Crippen LogP contribution in [0.25, 0.3) is 0 Å². The quantitative estimate of drug-likeness (QED) is 0.280. The first-order valence-corrected chi connectivity index (χ1v) is 16.8. The third-order valence-corrected chi connectivity index (χ3v) is 12.5. The normalized spacial score (nSPS) is 31.0. The lowest BCUT2D eigenvalue weighted by molar-refractivity contribution is -1.91. The van der Waals surface area contributed by atoms with Crippen LogP contribution in [0.15, 0.2) is 72.3 Å². The molecule has 1 heterocycles. The van der Waals surface area contributed by atoms with E-state index in [4.69, 9.17) is 13.2 Å². The van der Waals surface area contributed by atoms with E-state index in [1.54, 1.807) is 0 Å². The minimum Gasteiger partial charge on any atom is -0.390 e. The highest BCUT2D eigenvalue weighted by atomic mass is 35.7. The number of epoxide rings is 1. The maximum absolute atomic E-state index is 12.6. The third kappa shape index (κ3) is 7.46. The second-order valence-electron chi connectivity index (χ2n) is 11.5. The maximum atomic E-state index is 12.6. The van der Waals surface area contributed by atoms with Crippen molar-refractivity contribution in [2.75, 3.05) is 12.9 Å². The molecule has 10 heteroatoms. The van der Waals surface area contributed by atoms with Gasteiger partial charge < -0.3 is 19.7 Å². The van der Waals surface area contributed by atoms with Crippen molar-refractivity contribution in [3.8, 4) is 0 Å². The van der Waals surface area contributed by atoms with E-state index in [1.807, 2.05) is 81.4 Å². The van der Waals surface area contributed by atoms with Gasteiger partial charge in [0.25, 0.3) is 0 Å². The Labute approximate surface area is 240 Å². The van der Waals surface area contributed by atoms with E-state index < -0.39 is 49.9 Å². The van der Waals surface area contributed by atoms with Crippen molar-refractivity contribution in [3.63, 3.8) is 0 Å². The second-order valence-corrected chi connectivity index (χ2v) is 15.6. The Morgan fingerprint density at radius 2 is 1.60 bits per heavy atom. The number of rotatable bonds is 12. The molecule has 2 aliphatic rings. The molecule has 2 aromatic rings. The highest BCUT2D eigenvalue weighted by Crippen LogP contribution is 2.63. The van der Waals surface area contributed by atoms with Gasteiger partial charge in [0.2, 0.25) is 0 Å². The van der Waals surface area contributed by atoms with E-state index in [0.29, 0.717) is 6.42 Å². The number of aliphatic hydroxyl groups is 2. The van der Waals surface area contributed by atoms with E-state index in [2.05, 4.69) is 6.08 Å². The molecule has 6 atom stereocenters. The van der Waals surface area contributed by atoms with Gasteiger partial charge >= 0.3 is 0 Å². The lowest BCUT2D eigenvalue weighted by atomic mass is 9.66. The predicted octanol–water partition coefficient (Wildman–Crippen LogP) is 2.05. The lowest BCUT2D eigenvalue weighted by Crippen LogP contribution is -2.64. The first kappa shape index (κ1) is 31.4. The average molecular weight is 597 g/mol. The van der Waals surface area contributed by atoms with E-state index in [0.717, 1.165) is 16.7 Å². The molecule has 0 radical (unpaired) electrons. The van der Waals surface area contributed by atoms with Crippen molar-refractivity contribution in [2.45, 2.75) is 81.1 Å².